The molecule has 20 heavy (non-hydrogen) atoms. The van der Waals surface area contributed by atoms with Crippen molar-refractivity contribution in [2.24, 2.45) is 0 Å². The van der Waals surface area contributed by atoms with Crippen LogP contribution >= 0.6 is 11.6 Å². The molecule has 0 aromatic heterocycles. The molecule has 0 heterocycles. The molecule has 0 bridgehead atoms. The van der Waals surface area contributed by atoms with E-state index in [0.29, 0.717) is 13.2 Å². The van der Waals surface area contributed by atoms with Gasteiger partial charge in [-0.25, -0.2) is 4.79 Å². The molecule has 0 unspecified atom stereocenters. The summed E-state index contributed by atoms with van der Waals surface area (Å²) in [7, 11) is 0. The van der Waals surface area contributed by atoms with Gasteiger partial charge in [0.2, 0.25) is 0 Å². The van der Waals surface area contributed by atoms with Crippen LogP contribution in [0.15, 0.2) is 48.5 Å². The third-order valence-electron chi connectivity index (χ3n) is 2.84. The Morgan fingerprint density at radius 3 is 2.15 bits per heavy atom. The number of carbonyl (C=O) groups is 1. The van der Waals surface area contributed by atoms with Gasteiger partial charge in [0.25, 0.3) is 0 Å². The molecule has 2 rings (SSSR count). The molecule has 4 heteroatoms. The zero-order valence-corrected chi connectivity index (χ0v) is 12.0. The predicted molar refractivity (Wildman–Crippen MR) is 80.7 cm³/mol. The maximum absolute atomic E-state index is 11.2. The van der Waals surface area contributed by atoms with Gasteiger partial charge in [0.05, 0.1) is 6.61 Å². The van der Waals surface area contributed by atoms with Gasteiger partial charge in [-0.05, 0) is 35.7 Å². The molecule has 0 fully saturated rings. The van der Waals surface area contributed by atoms with Gasteiger partial charge in [-0.3, -0.25) is 0 Å². The number of rotatable bonds is 4. The SMILES string of the molecule is CCOC(=O)NCc1ccc(-c2ccc(Cl)cc2)cc1. The van der Waals surface area contributed by atoms with E-state index in [1.807, 2.05) is 48.5 Å². The van der Waals surface area contributed by atoms with Crippen molar-refractivity contribution in [1.29, 1.82) is 0 Å². The second kappa shape index (κ2) is 6.96. The number of amides is 1. The maximum atomic E-state index is 11.2. The molecule has 1 N–H and O–H groups in total. The lowest BCUT2D eigenvalue weighted by atomic mass is 10.0. The van der Waals surface area contributed by atoms with Crippen LogP contribution in [0.2, 0.25) is 5.02 Å². The van der Waals surface area contributed by atoms with Gasteiger partial charge >= 0.3 is 6.09 Å². The number of benzene rings is 2. The highest BCUT2D eigenvalue weighted by molar-refractivity contribution is 6.30. The van der Waals surface area contributed by atoms with Crippen LogP contribution in [0.5, 0.6) is 0 Å². The number of halogens is 1. The fraction of sp³-hybridized carbons (Fsp3) is 0.188. The summed E-state index contributed by atoms with van der Waals surface area (Å²) in [5.74, 6) is 0. The van der Waals surface area contributed by atoms with Crippen molar-refractivity contribution in [2.45, 2.75) is 13.5 Å². The van der Waals surface area contributed by atoms with E-state index in [4.69, 9.17) is 16.3 Å². The minimum atomic E-state index is -0.394. The van der Waals surface area contributed by atoms with Crippen molar-refractivity contribution < 1.29 is 9.53 Å². The van der Waals surface area contributed by atoms with Crippen LogP contribution in [0.25, 0.3) is 11.1 Å². The Morgan fingerprint density at radius 1 is 1.05 bits per heavy atom. The second-order valence-electron chi connectivity index (χ2n) is 4.28. The first-order valence-electron chi connectivity index (χ1n) is 6.44. The first kappa shape index (κ1) is 14.4. The lowest BCUT2D eigenvalue weighted by Crippen LogP contribution is -2.23. The summed E-state index contributed by atoms with van der Waals surface area (Å²) >= 11 is 5.87. The first-order chi connectivity index (χ1) is 9.69. The third kappa shape index (κ3) is 4.00. The monoisotopic (exact) mass is 289 g/mol. The summed E-state index contributed by atoms with van der Waals surface area (Å²) in [4.78, 5) is 11.2. The van der Waals surface area contributed by atoms with Gasteiger partial charge in [-0.15, -0.1) is 0 Å². The predicted octanol–water partition coefficient (Wildman–Crippen LogP) is 4.25. The maximum Gasteiger partial charge on any atom is 0.407 e. The van der Waals surface area contributed by atoms with Gasteiger partial charge in [0.1, 0.15) is 0 Å². The zero-order valence-electron chi connectivity index (χ0n) is 11.2. The fourth-order valence-electron chi connectivity index (χ4n) is 1.81. The highest BCUT2D eigenvalue weighted by Gasteiger charge is 2.01. The van der Waals surface area contributed by atoms with Crippen molar-refractivity contribution in [3.8, 4) is 11.1 Å². The van der Waals surface area contributed by atoms with E-state index in [1.54, 1.807) is 6.92 Å². The van der Waals surface area contributed by atoms with E-state index in [2.05, 4.69) is 5.32 Å². The van der Waals surface area contributed by atoms with Crippen molar-refractivity contribution in [3.05, 3.63) is 59.1 Å². The van der Waals surface area contributed by atoms with Crippen LogP contribution in [0.1, 0.15) is 12.5 Å². The number of carbonyl (C=O) groups excluding carboxylic acids is 1. The molecule has 0 aliphatic carbocycles. The van der Waals surface area contributed by atoms with Crippen molar-refractivity contribution in [3.63, 3.8) is 0 Å². The smallest absolute Gasteiger partial charge is 0.407 e. The van der Waals surface area contributed by atoms with Crippen LogP contribution in [0, 0.1) is 0 Å². The Labute approximate surface area is 123 Å². The Hall–Kier alpha value is -2.00. The molecule has 0 atom stereocenters. The molecule has 1 amide bonds. The standard InChI is InChI=1S/C16H16ClNO2/c1-2-20-16(19)18-11-12-3-5-13(6-4-12)14-7-9-15(17)10-8-14/h3-10H,2,11H2,1H3,(H,18,19). The van der Waals surface area contributed by atoms with E-state index >= 15 is 0 Å². The average Bonchev–Trinajstić information content (AvgIpc) is 2.47. The van der Waals surface area contributed by atoms with Gasteiger partial charge in [-0.1, -0.05) is 48.0 Å². The molecule has 0 spiro atoms. The number of alkyl carbamates (subject to hydrolysis) is 1. The molecule has 104 valence electrons. The lowest BCUT2D eigenvalue weighted by Gasteiger charge is -2.07. The van der Waals surface area contributed by atoms with Crippen molar-refractivity contribution >= 4 is 17.7 Å². The topological polar surface area (TPSA) is 38.3 Å². The molecule has 0 aliphatic rings. The van der Waals surface area contributed by atoms with Gasteiger partial charge in [0, 0.05) is 11.6 Å². The molecule has 3 nitrogen and oxygen atoms in total. The number of hydrogen-bond acceptors (Lipinski definition) is 2. The molecule has 0 aliphatic heterocycles. The molecule has 2 aromatic carbocycles. The summed E-state index contributed by atoms with van der Waals surface area (Å²) in [5.41, 5.74) is 3.25. The van der Waals surface area contributed by atoms with Crippen molar-refractivity contribution in [2.75, 3.05) is 6.61 Å². The van der Waals surface area contributed by atoms with Gasteiger partial charge in [0.15, 0.2) is 0 Å². The number of ether oxygens (including phenoxy) is 1. The minimum absolute atomic E-state index is 0.376. The van der Waals surface area contributed by atoms with Crippen LogP contribution in [0.4, 0.5) is 4.79 Å². The van der Waals surface area contributed by atoms with Gasteiger partial charge in [-0.2, -0.15) is 0 Å². The van der Waals surface area contributed by atoms with Crippen LogP contribution in [-0.4, -0.2) is 12.7 Å². The van der Waals surface area contributed by atoms with E-state index in [9.17, 15) is 4.79 Å². The molecular formula is C16H16ClNO2. The van der Waals surface area contributed by atoms with Crippen molar-refractivity contribution in [1.82, 2.24) is 5.32 Å². The minimum Gasteiger partial charge on any atom is -0.450 e. The van der Waals surface area contributed by atoms with E-state index in [1.165, 1.54) is 0 Å². The third-order valence-corrected chi connectivity index (χ3v) is 3.10. The van der Waals surface area contributed by atoms with E-state index in [-0.39, 0.29) is 0 Å². The van der Waals surface area contributed by atoms with E-state index < -0.39 is 6.09 Å². The summed E-state index contributed by atoms with van der Waals surface area (Å²) in [6.45, 7) is 2.61. The lowest BCUT2D eigenvalue weighted by molar-refractivity contribution is 0.151. The Morgan fingerprint density at radius 2 is 1.60 bits per heavy atom. The summed E-state index contributed by atoms with van der Waals surface area (Å²) in [6, 6.07) is 15.7. The summed E-state index contributed by atoms with van der Waals surface area (Å²) < 4.78 is 4.81. The first-order valence-corrected chi connectivity index (χ1v) is 6.82. The highest BCUT2D eigenvalue weighted by Crippen LogP contribution is 2.21. The molecular weight excluding hydrogens is 274 g/mol. The van der Waals surface area contributed by atoms with Gasteiger partial charge < -0.3 is 10.1 Å². The largest absolute Gasteiger partial charge is 0.450 e. The van der Waals surface area contributed by atoms with Crippen LogP contribution < -0.4 is 5.32 Å². The summed E-state index contributed by atoms with van der Waals surface area (Å²) in [5, 5.41) is 3.41. The molecule has 0 saturated heterocycles. The van der Waals surface area contributed by atoms with Crippen LogP contribution in [0.3, 0.4) is 0 Å². The molecule has 0 saturated carbocycles. The zero-order chi connectivity index (χ0) is 14.4. The Kier molecular flexibility index (Phi) is 5.02. The fourth-order valence-corrected chi connectivity index (χ4v) is 1.94. The Balaban J connectivity index is 1.99. The molecule has 2 aromatic rings. The van der Waals surface area contributed by atoms with Crippen LogP contribution in [-0.2, 0) is 11.3 Å². The quantitative estimate of drug-likeness (QED) is 0.913. The number of hydrogen-bond donors (Lipinski definition) is 1. The average molecular weight is 290 g/mol. The summed E-state index contributed by atoms with van der Waals surface area (Å²) in [6.07, 6.45) is -0.394. The highest BCUT2D eigenvalue weighted by atomic mass is 35.5. The Bertz CT molecular complexity index is 564. The van der Waals surface area contributed by atoms with E-state index in [0.717, 1.165) is 21.7 Å². The normalized spacial score (nSPS) is 10.1. The molecule has 0 radical (unpaired) electrons. The number of nitrogens with one attached hydrogen (secondary N) is 1. The second-order valence-corrected chi connectivity index (χ2v) is 4.71.